The van der Waals surface area contributed by atoms with Crippen LogP contribution in [0.15, 0.2) is 67.8 Å². The highest BCUT2D eigenvalue weighted by atomic mass is 32.2. The Labute approximate surface area is 283 Å². The smallest absolute Gasteiger partial charge is 0.251 e. The third-order valence-electron chi connectivity index (χ3n) is 10.3. The summed E-state index contributed by atoms with van der Waals surface area (Å²) in [7, 11) is 0. The third-order valence-corrected chi connectivity index (χ3v) is 12.4. The van der Waals surface area contributed by atoms with Crippen LogP contribution in [-0.2, 0) is 14.4 Å². The van der Waals surface area contributed by atoms with Gasteiger partial charge in [0, 0.05) is 29.7 Å². The summed E-state index contributed by atoms with van der Waals surface area (Å²) in [5, 5.41) is 10.6. The second-order valence-electron chi connectivity index (χ2n) is 13.4. The van der Waals surface area contributed by atoms with Gasteiger partial charge in [0.15, 0.2) is 0 Å². The summed E-state index contributed by atoms with van der Waals surface area (Å²) in [4.78, 5) is 50.0. The normalized spacial score (nSPS) is 26.7. The number of benzene rings is 2. The molecule has 3 aliphatic rings. The summed E-state index contributed by atoms with van der Waals surface area (Å²) in [6.07, 6.45) is 4.12. The fourth-order valence-corrected chi connectivity index (χ4v) is 10.7. The van der Waals surface area contributed by atoms with Crippen molar-refractivity contribution in [3.63, 3.8) is 0 Å². The molecule has 3 saturated heterocycles. The van der Waals surface area contributed by atoms with Crippen LogP contribution in [0.25, 0.3) is 0 Å². The van der Waals surface area contributed by atoms with Crippen LogP contribution in [0.2, 0.25) is 0 Å². The number of nitrogens with zero attached hydrogens (tertiary/aromatic N) is 3. The first-order valence-corrected chi connectivity index (χ1v) is 17.6. The Balaban J connectivity index is 1.63. The minimum atomic E-state index is -0.861. The number of carbonyl (C=O) groups is 3. The predicted octanol–water partition coefficient (Wildman–Crippen LogP) is 5.79. The van der Waals surface area contributed by atoms with Crippen LogP contribution in [0.1, 0.15) is 45.2 Å². The number of carbonyl (C=O) groups excluding carboxylic acids is 3. The molecule has 2 aromatic rings. The Morgan fingerprint density at radius 1 is 1.06 bits per heavy atom. The van der Waals surface area contributed by atoms with E-state index in [-0.39, 0.29) is 54.5 Å². The van der Waals surface area contributed by atoms with Crippen molar-refractivity contribution in [2.45, 2.75) is 70.0 Å². The monoisotopic (exact) mass is 659 g/mol. The molecule has 252 valence electrons. The molecule has 0 saturated carbocycles. The first kappa shape index (κ1) is 34.8. The summed E-state index contributed by atoms with van der Waals surface area (Å²) in [5.41, 5.74) is 3.41. The van der Waals surface area contributed by atoms with Crippen LogP contribution in [0.4, 0.5) is 11.4 Å². The molecular weight excluding hydrogens is 611 g/mol. The quantitative estimate of drug-likeness (QED) is 0.274. The summed E-state index contributed by atoms with van der Waals surface area (Å²) >= 11 is 1.65. The van der Waals surface area contributed by atoms with Gasteiger partial charge < -0.3 is 24.5 Å². The molecule has 2 aromatic carbocycles. The lowest BCUT2D eigenvalue weighted by Crippen LogP contribution is -2.60. The van der Waals surface area contributed by atoms with Crippen LogP contribution in [0.5, 0.6) is 5.75 Å². The first-order chi connectivity index (χ1) is 22.5. The molecule has 0 aliphatic carbocycles. The summed E-state index contributed by atoms with van der Waals surface area (Å²) in [6, 6.07) is 11.9. The fourth-order valence-electron chi connectivity index (χ4n) is 8.32. The number of thioether (sulfide) groups is 1. The lowest BCUT2D eigenvalue weighted by atomic mass is 9.65. The Kier molecular flexibility index (Phi) is 10.3. The first-order valence-electron chi connectivity index (χ1n) is 16.7. The van der Waals surface area contributed by atoms with E-state index in [0.717, 1.165) is 16.8 Å². The average Bonchev–Trinajstić information content (AvgIpc) is 3.63. The lowest BCUT2D eigenvalue weighted by Gasteiger charge is -2.43. The Morgan fingerprint density at radius 3 is 2.23 bits per heavy atom. The molecule has 0 radical (unpaired) electrons. The van der Waals surface area contributed by atoms with Crippen molar-refractivity contribution in [2.24, 2.45) is 23.7 Å². The van der Waals surface area contributed by atoms with Gasteiger partial charge >= 0.3 is 0 Å². The summed E-state index contributed by atoms with van der Waals surface area (Å²) in [6.45, 7) is 20.6. The molecule has 5 rings (SSSR count). The summed E-state index contributed by atoms with van der Waals surface area (Å²) in [5.74, 6) is -1.32. The topological polar surface area (TPSA) is 90.4 Å². The molecule has 3 fully saturated rings. The number of rotatable bonds is 13. The number of anilines is 2. The molecule has 1 N–H and O–H groups in total. The average molecular weight is 660 g/mol. The van der Waals surface area contributed by atoms with Crippen LogP contribution >= 0.6 is 11.8 Å². The number of aliphatic hydroxyl groups is 1. The minimum absolute atomic E-state index is 0.0113. The van der Waals surface area contributed by atoms with Crippen molar-refractivity contribution >= 4 is 40.9 Å². The molecule has 1 spiro atoms. The molecule has 2 bridgehead atoms. The molecule has 3 heterocycles. The standard InChI is InChI=1S/C38H49N3O5S/c1-9-19-39(27-15-17-28(18-16-27)46-11-3)35(43)31-30-21-26(8)38(47-30)32(31)36(44)41(29(22-42)23(4)5)34(38)37(45)40(20-10-2)33-24(6)13-12-14-25(33)7/h9-10,12-18,23,26,29-32,34,42H,1-2,11,19-22H2,3-8H3/t26?,29-,30-,31+,32-,34?,38?/m0/s1. The number of amides is 3. The van der Waals surface area contributed by atoms with Crippen LogP contribution in [0.3, 0.4) is 0 Å². The second-order valence-corrected chi connectivity index (χ2v) is 15.0. The van der Waals surface area contributed by atoms with Gasteiger partial charge in [0.05, 0.1) is 35.8 Å². The Hall–Kier alpha value is -3.56. The van der Waals surface area contributed by atoms with Crippen molar-refractivity contribution in [3.8, 4) is 5.75 Å². The van der Waals surface area contributed by atoms with E-state index in [4.69, 9.17) is 4.74 Å². The Morgan fingerprint density at radius 2 is 1.68 bits per heavy atom. The Bertz CT molecular complexity index is 1510. The largest absolute Gasteiger partial charge is 0.494 e. The number of hydrogen-bond acceptors (Lipinski definition) is 6. The zero-order valence-electron chi connectivity index (χ0n) is 28.5. The van der Waals surface area contributed by atoms with E-state index in [1.807, 2.05) is 77.1 Å². The number of fused-ring (bicyclic) bond motifs is 1. The molecule has 3 amide bonds. The molecule has 7 atom stereocenters. The summed E-state index contributed by atoms with van der Waals surface area (Å²) < 4.78 is 4.79. The highest BCUT2D eigenvalue weighted by molar-refractivity contribution is 8.02. The number of hydrogen-bond donors (Lipinski definition) is 1. The zero-order valence-corrected chi connectivity index (χ0v) is 29.3. The van der Waals surface area contributed by atoms with Gasteiger partial charge in [0.1, 0.15) is 11.8 Å². The molecule has 47 heavy (non-hydrogen) atoms. The maximum absolute atomic E-state index is 15.2. The van der Waals surface area contributed by atoms with Crippen molar-refractivity contribution < 1.29 is 24.2 Å². The third kappa shape index (κ3) is 5.69. The van der Waals surface area contributed by atoms with Crippen molar-refractivity contribution in [3.05, 3.63) is 78.9 Å². The number of ether oxygens (including phenoxy) is 1. The highest BCUT2D eigenvalue weighted by Crippen LogP contribution is 2.69. The van der Waals surface area contributed by atoms with Crippen LogP contribution < -0.4 is 14.5 Å². The molecule has 0 aromatic heterocycles. The number of likely N-dealkylation sites (tertiary alicyclic amines) is 1. The van der Waals surface area contributed by atoms with Gasteiger partial charge in [0.2, 0.25) is 11.8 Å². The highest BCUT2D eigenvalue weighted by Gasteiger charge is 2.77. The number of para-hydroxylation sites is 1. The molecular formula is C38H49N3O5S. The van der Waals surface area contributed by atoms with Gasteiger partial charge in [-0.25, -0.2) is 0 Å². The van der Waals surface area contributed by atoms with E-state index < -0.39 is 28.7 Å². The van der Waals surface area contributed by atoms with Crippen LogP contribution in [0, 0.1) is 37.5 Å². The van der Waals surface area contributed by atoms with Gasteiger partial charge in [-0.1, -0.05) is 51.1 Å². The van der Waals surface area contributed by atoms with Gasteiger partial charge in [-0.05, 0) is 74.4 Å². The predicted molar refractivity (Wildman–Crippen MR) is 190 cm³/mol. The maximum Gasteiger partial charge on any atom is 0.251 e. The number of aliphatic hydroxyl groups excluding tert-OH is 1. The molecule has 3 aliphatic heterocycles. The zero-order chi connectivity index (χ0) is 34.2. The fraction of sp³-hybridized carbons (Fsp3) is 0.500. The SMILES string of the molecule is C=CCN(C(=O)[C@@H]1[C@@H]2CC(C)C3(S2)C(C(=O)N(CC=C)c2c(C)cccc2C)N([C@@H](CO)C(C)C)C(=O)[C@H]13)c1ccc(OCC)cc1. The lowest BCUT2D eigenvalue weighted by molar-refractivity contribution is -0.142. The van der Waals surface area contributed by atoms with Gasteiger partial charge in [-0.3, -0.25) is 14.4 Å². The van der Waals surface area contributed by atoms with Crippen molar-refractivity contribution in [2.75, 3.05) is 36.1 Å². The van der Waals surface area contributed by atoms with Gasteiger partial charge in [-0.2, -0.15) is 0 Å². The van der Waals surface area contributed by atoms with E-state index >= 15 is 4.79 Å². The van der Waals surface area contributed by atoms with Gasteiger partial charge in [-0.15, -0.1) is 24.9 Å². The van der Waals surface area contributed by atoms with Crippen molar-refractivity contribution in [1.29, 1.82) is 0 Å². The van der Waals surface area contributed by atoms with Crippen molar-refractivity contribution in [1.82, 2.24) is 4.90 Å². The van der Waals surface area contributed by atoms with E-state index in [0.29, 0.717) is 24.5 Å². The van der Waals surface area contributed by atoms with E-state index in [1.54, 1.807) is 38.6 Å². The van der Waals surface area contributed by atoms with E-state index in [9.17, 15) is 14.7 Å². The van der Waals surface area contributed by atoms with E-state index in [1.165, 1.54) is 0 Å². The number of aryl methyl sites for hydroxylation is 2. The van der Waals surface area contributed by atoms with Crippen LogP contribution in [-0.4, -0.2) is 76.1 Å². The minimum Gasteiger partial charge on any atom is -0.494 e. The molecule has 8 nitrogen and oxygen atoms in total. The molecule has 3 unspecified atom stereocenters. The second kappa shape index (κ2) is 13.9. The maximum atomic E-state index is 15.2. The molecule has 9 heteroatoms. The van der Waals surface area contributed by atoms with E-state index in [2.05, 4.69) is 20.1 Å². The van der Waals surface area contributed by atoms with Gasteiger partial charge in [0.25, 0.3) is 5.91 Å².